The van der Waals surface area contributed by atoms with Crippen molar-refractivity contribution in [2.45, 2.75) is 19.8 Å². The van der Waals surface area contributed by atoms with Gasteiger partial charge in [0.25, 0.3) is 0 Å². The number of Topliss-reactive ketones (excluding diaryl/α,β-unsaturated/α-hetero) is 1. The van der Waals surface area contributed by atoms with E-state index >= 15 is 0 Å². The number of rotatable bonds is 4. The molecule has 0 aliphatic rings. The van der Waals surface area contributed by atoms with Gasteiger partial charge in [-0.2, -0.15) is 0 Å². The molecule has 18 heavy (non-hydrogen) atoms. The number of hydrogen-bond donors (Lipinski definition) is 1. The van der Waals surface area contributed by atoms with E-state index in [1.54, 1.807) is 6.20 Å². The second kappa shape index (κ2) is 4.64. The smallest absolute Gasteiger partial charge is 0.303 e. The summed E-state index contributed by atoms with van der Waals surface area (Å²) in [5.41, 5.74) is 2.73. The van der Waals surface area contributed by atoms with E-state index < -0.39 is 5.97 Å². The zero-order valence-electron chi connectivity index (χ0n) is 10.4. The standard InChI is InChI=1S/C14H15NO3/c1-9-3-4-10-11(8-15(2)12(10)7-9)13(16)5-6-14(17)18/h3-4,7-8H,5-6H2,1-2H3,(H,17,18). The summed E-state index contributed by atoms with van der Waals surface area (Å²) in [4.78, 5) is 22.5. The van der Waals surface area contributed by atoms with Gasteiger partial charge in [0, 0.05) is 36.1 Å². The molecular formula is C14H15NO3. The fraction of sp³-hybridized carbons (Fsp3) is 0.286. The van der Waals surface area contributed by atoms with Gasteiger partial charge >= 0.3 is 5.97 Å². The van der Waals surface area contributed by atoms with Crippen LogP contribution in [0.15, 0.2) is 24.4 Å². The van der Waals surface area contributed by atoms with E-state index in [4.69, 9.17) is 5.11 Å². The second-order valence-electron chi connectivity index (χ2n) is 4.49. The van der Waals surface area contributed by atoms with Crippen LogP contribution in [-0.2, 0) is 11.8 Å². The summed E-state index contributed by atoms with van der Waals surface area (Å²) in [7, 11) is 1.88. The molecular weight excluding hydrogens is 230 g/mol. The summed E-state index contributed by atoms with van der Waals surface area (Å²) < 4.78 is 1.90. The quantitative estimate of drug-likeness (QED) is 0.842. The number of carboxylic acid groups (broad SMARTS) is 1. The maximum Gasteiger partial charge on any atom is 0.303 e. The Labute approximate surface area is 105 Å². The molecule has 0 atom stereocenters. The highest BCUT2D eigenvalue weighted by Gasteiger charge is 2.14. The van der Waals surface area contributed by atoms with E-state index in [-0.39, 0.29) is 18.6 Å². The van der Waals surface area contributed by atoms with Gasteiger partial charge in [0.1, 0.15) is 0 Å². The number of aliphatic carboxylic acids is 1. The van der Waals surface area contributed by atoms with Crippen molar-refractivity contribution < 1.29 is 14.7 Å². The molecule has 94 valence electrons. The van der Waals surface area contributed by atoms with Crippen LogP contribution in [0, 0.1) is 6.92 Å². The lowest BCUT2D eigenvalue weighted by atomic mass is 10.0. The number of fused-ring (bicyclic) bond motifs is 1. The normalized spacial score (nSPS) is 10.8. The van der Waals surface area contributed by atoms with Crippen LogP contribution in [0.4, 0.5) is 0 Å². The van der Waals surface area contributed by atoms with Crippen LogP contribution in [-0.4, -0.2) is 21.4 Å². The minimum atomic E-state index is -0.945. The van der Waals surface area contributed by atoms with Gasteiger partial charge in [0.2, 0.25) is 0 Å². The maximum atomic E-state index is 12.0. The third-order valence-corrected chi connectivity index (χ3v) is 3.01. The summed E-state index contributed by atoms with van der Waals surface area (Å²) in [6.07, 6.45) is 1.69. The molecule has 0 radical (unpaired) electrons. The molecule has 1 heterocycles. The highest BCUT2D eigenvalue weighted by molar-refractivity contribution is 6.08. The molecule has 0 spiro atoms. The van der Waals surface area contributed by atoms with Crippen LogP contribution in [0.3, 0.4) is 0 Å². The van der Waals surface area contributed by atoms with Gasteiger partial charge in [-0.3, -0.25) is 9.59 Å². The highest BCUT2D eigenvalue weighted by Crippen LogP contribution is 2.23. The van der Waals surface area contributed by atoms with Gasteiger partial charge in [-0.1, -0.05) is 12.1 Å². The van der Waals surface area contributed by atoms with Gasteiger partial charge in [0.05, 0.1) is 6.42 Å². The largest absolute Gasteiger partial charge is 0.481 e. The summed E-state index contributed by atoms with van der Waals surface area (Å²) in [5.74, 6) is -1.06. The van der Waals surface area contributed by atoms with Crippen molar-refractivity contribution in [2.24, 2.45) is 7.05 Å². The summed E-state index contributed by atoms with van der Waals surface area (Å²) in [5, 5.41) is 9.49. The van der Waals surface area contributed by atoms with Gasteiger partial charge in [-0.05, 0) is 18.6 Å². The Morgan fingerprint density at radius 2 is 2.00 bits per heavy atom. The predicted octanol–water partition coefficient (Wildman–Crippen LogP) is 2.53. The number of aromatic nitrogens is 1. The molecule has 0 saturated carbocycles. The first kappa shape index (κ1) is 12.4. The number of ketones is 1. The number of nitrogens with zero attached hydrogens (tertiary/aromatic N) is 1. The minimum absolute atomic E-state index is 0.0440. The third kappa shape index (κ3) is 2.27. The SMILES string of the molecule is Cc1ccc2c(C(=O)CCC(=O)O)cn(C)c2c1. The van der Waals surface area contributed by atoms with Crippen molar-refractivity contribution >= 4 is 22.7 Å². The Morgan fingerprint density at radius 3 is 2.67 bits per heavy atom. The molecule has 0 saturated heterocycles. The number of carbonyl (C=O) groups is 2. The van der Waals surface area contributed by atoms with E-state index in [9.17, 15) is 9.59 Å². The first-order valence-electron chi connectivity index (χ1n) is 5.79. The summed E-state index contributed by atoms with van der Waals surface area (Å²) in [6, 6.07) is 5.89. The van der Waals surface area contributed by atoms with Gasteiger partial charge in [0.15, 0.2) is 5.78 Å². The van der Waals surface area contributed by atoms with E-state index in [0.29, 0.717) is 5.56 Å². The number of benzene rings is 1. The van der Waals surface area contributed by atoms with Crippen LogP contribution in [0.2, 0.25) is 0 Å². The first-order valence-corrected chi connectivity index (χ1v) is 5.79. The van der Waals surface area contributed by atoms with Crippen LogP contribution in [0.5, 0.6) is 0 Å². The molecule has 2 aromatic rings. The maximum absolute atomic E-state index is 12.0. The fourth-order valence-electron chi connectivity index (χ4n) is 2.07. The molecule has 4 heteroatoms. The molecule has 4 nitrogen and oxygen atoms in total. The Morgan fingerprint density at radius 1 is 1.28 bits per heavy atom. The summed E-state index contributed by atoms with van der Waals surface area (Å²) >= 11 is 0. The predicted molar refractivity (Wildman–Crippen MR) is 68.9 cm³/mol. The number of hydrogen-bond acceptors (Lipinski definition) is 2. The topological polar surface area (TPSA) is 59.3 Å². The lowest BCUT2D eigenvalue weighted by molar-refractivity contribution is -0.136. The molecule has 0 fully saturated rings. The zero-order chi connectivity index (χ0) is 13.3. The molecule has 2 rings (SSSR count). The van der Waals surface area contributed by atoms with Crippen molar-refractivity contribution in [2.75, 3.05) is 0 Å². The summed E-state index contributed by atoms with van der Waals surface area (Å²) in [6.45, 7) is 2.00. The monoisotopic (exact) mass is 245 g/mol. The lowest BCUT2D eigenvalue weighted by Gasteiger charge is -1.98. The van der Waals surface area contributed by atoms with E-state index in [2.05, 4.69) is 0 Å². The van der Waals surface area contributed by atoms with Crippen LogP contribution < -0.4 is 0 Å². The molecule has 1 N–H and O–H groups in total. The van der Waals surface area contributed by atoms with Gasteiger partial charge in [-0.15, -0.1) is 0 Å². The van der Waals surface area contributed by atoms with Crippen LogP contribution >= 0.6 is 0 Å². The lowest BCUT2D eigenvalue weighted by Crippen LogP contribution is -2.03. The highest BCUT2D eigenvalue weighted by atomic mass is 16.4. The van der Waals surface area contributed by atoms with Crippen molar-refractivity contribution in [3.05, 3.63) is 35.5 Å². The first-order chi connectivity index (χ1) is 8.49. The fourth-order valence-corrected chi connectivity index (χ4v) is 2.07. The second-order valence-corrected chi connectivity index (χ2v) is 4.49. The molecule has 0 unspecified atom stereocenters. The number of carboxylic acids is 1. The van der Waals surface area contributed by atoms with Crippen molar-refractivity contribution in [1.82, 2.24) is 4.57 Å². The van der Waals surface area contributed by atoms with E-state index in [0.717, 1.165) is 16.5 Å². The zero-order valence-corrected chi connectivity index (χ0v) is 10.4. The van der Waals surface area contributed by atoms with Gasteiger partial charge in [-0.25, -0.2) is 0 Å². The molecule has 1 aromatic carbocycles. The van der Waals surface area contributed by atoms with Gasteiger partial charge < -0.3 is 9.67 Å². The Balaban J connectivity index is 2.39. The van der Waals surface area contributed by atoms with Crippen molar-refractivity contribution in [3.8, 4) is 0 Å². The molecule has 0 aliphatic heterocycles. The molecule has 0 bridgehead atoms. The average Bonchev–Trinajstić information content (AvgIpc) is 2.63. The number of carbonyl (C=O) groups excluding carboxylic acids is 1. The minimum Gasteiger partial charge on any atom is -0.481 e. The molecule has 0 aliphatic carbocycles. The number of aryl methyl sites for hydroxylation is 2. The van der Waals surface area contributed by atoms with E-state index in [1.165, 1.54) is 0 Å². The Hall–Kier alpha value is -2.10. The van der Waals surface area contributed by atoms with Crippen molar-refractivity contribution in [3.63, 3.8) is 0 Å². The Bertz CT molecular complexity index is 625. The molecule has 1 aromatic heterocycles. The average molecular weight is 245 g/mol. The van der Waals surface area contributed by atoms with Crippen LogP contribution in [0.1, 0.15) is 28.8 Å². The van der Waals surface area contributed by atoms with Crippen molar-refractivity contribution in [1.29, 1.82) is 0 Å². The van der Waals surface area contributed by atoms with Crippen LogP contribution in [0.25, 0.3) is 10.9 Å². The van der Waals surface area contributed by atoms with E-state index in [1.807, 2.05) is 36.7 Å². The Kier molecular flexibility index (Phi) is 3.19. The third-order valence-electron chi connectivity index (χ3n) is 3.01. The molecule has 0 amide bonds.